The van der Waals surface area contributed by atoms with Crippen molar-refractivity contribution >= 4 is 23.0 Å². The van der Waals surface area contributed by atoms with Gasteiger partial charge in [-0.25, -0.2) is 0 Å². The third-order valence-electron chi connectivity index (χ3n) is 1.19. The number of benzene rings is 1. The zero-order valence-corrected chi connectivity index (χ0v) is 10.5. The van der Waals surface area contributed by atoms with E-state index in [1.54, 1.807) is 0 Å². The van der Waals surface area contributed by atoms with Gasteiger partial charge in [-0.2, -0.15) is 0 Å². The molecule has 0 aliphatic rings. The van der Waals surface area contributed by atoms with Crippen LogP contribution in [0, 0.1) is 20.2 Å². The first-order chi connectivity index (χ1) is 6.52. The van der Waals surface area contributed by atoms with Gasteiger partial charge in [0.25, 0.3) is 5.69 Å². The van der Waals surface area contributed by atoms with Crippen LogP contribution in [-0.2, 0) is 0 Å². The number of halogens is 1. The quantitative estimate of drug-likeness (QED) is 0.224. The molecule has 1 aromatic rings. The summed E-state index contributed by atoms with van der Waals surface area (Å²) < 4.78 is 0. The van der Waals surface area contributed by atoms with Crippen LogP contribution in [0.25, 0.3) is 0 Å². The summed E-state index contributed by atoms with van der Waals surface area (Å²) in [6.45, 7) is 0. The molecule has 7 nitrogen and oxygen atoms in total. The van der Waals surface area contributed by atoms with E-state index in [0.717, 1.165) is 5.34 Å². The van der Waals surface area contributed by atoms with Crippen LogP contribution >= 0.6 is 11.6 Å². The minimum Gasteiger partial charge on any atom is -0.444 e. The van der Waals surface area contributed by atoms with Crippen molar-refractivity contribution in [3.05, 3.63) is 43.5 Å². The topological polar surface area (TPSA) is 122 Å². The smallest absolute Gasteiger partial charge is 0.444 e. The minimum atomic E-state index is -0.568. The minimum absolute atomic E-state index is 0. The van der Waals surface area contributed by atoms with E-state index in [1.807, 2.05) is 0 Å². The number of nitrogen functional groups attached to an aromatic ring is 1. The number of nitro benzene ring substituents is 1. The maximum atomic E-state index is 10.2. The maximum Gasteiger partial charge on any atom is 1.00 e. The third kappa shape index (κ3) is 6.24. The molecule has 76 valence electrons. The van der Waals surface area contributed by atoms with Gasteiger partial charge in [0.1, 0.15) is 5.69 Å². The van der Waals surface area contributed by atoms with E-state index in [9.17, 15) is 10.1 Å². The second-order valence-corrected chi connectivity index (χ2v) is 2.47. The van der Waals surface area contributed by atoms with Gasteiger partial charge in [0.05, 0.1) is 4.92 Å². The van der Waals surface area contributed by atoms with E-state index in [2.05, 4.69) is 0 Å². The van der Waals surface area contributed by atoms with Crippen LogP contribution in [0.3, 0.4) is 0 Å². The Bertz CT molecular complexity index is 349. The Morgan fingerprint density at radius 2 is 1.93 bits per heavy atom. The molecule has 0 saturated carbocycles. The second kappa shape index (κ2) is 8.42. The Morgan fingerprint density at radius 3 is 2.27 bits per heavy atom. The summed E-state index contributed by atoms with van der Waals surface area (Å²) in [6, 6.07) is 4.13. The van der Waals surface area contributed by atoms with Crippen LogP contribution in [0.4, 0.5) is 11.4 Å². The van der Waals surface area contributed by atoms with Gasteiger partial charge >= 0.3 is 29.6 Å². The average molecular weight is 242 g/mol. The molecule has 1 aromatic carbocycles. The fourth-order valence-corrected chi connectivity index (χ4v) is 0.841. The monoisotopic (exact) mass is 241 g/mol. The van der Waals surface area contributed by atoms with Gasteiger partial charge < -0.3 is 15.8 Å². The Morgan fingerprint density at radius 1 is 1.47 bits per heavy atom. The summed E-state index contributed by atoms with van der Waals surface area (Å²) >= 11 is 5.50. The number of hydrogen-bond acceptors (Lipinski definition) is 6. The Kier molecular flexibility index (Phi) is 9.28. The summed E-state index contributed by atoms with van der Waals surface area (Å²) in [5, 5.41) is 19.6. The molecule has 0 aromatic heterocycles. The molecule has 15 heavy (non-hydrogen) atoms. The third-order valence-corrected chi connectivity index (χ3v) is 1.42. The van der Waals surface area contributed by atoms with Gasteiger partial charge in [-0.15, -0.1) is 5.34 Å². The molecule has 0 aliphatic carbocycles. The van der Waals surface area contributed by atoms with Gasteiger partial charge in [0.2, 0.25) is 0 Å². The zero-order chi connectivity index (χ0) is 11.1. The SMILES string of the molecule is Nc1ccc(Cl)cc1[N+](=O)[O-].O=N[O-].[Na+]. The summed E-state index contributed by atoms with van der Waals surface area (Å²) in [6.07, 6.45) is 0. The van der Waals surface area contributed by atoms with E-state index in [-0.39, 0.29) is 40.9 Å². The van der Waals surface area contributed by atoms with Crippen molar-refractivity contribution in [2.45, 2.75) is 0 Å². The number of hydrogen-bond donors (Lipinski definition) is 1. The van der Waals surface area contributed by atoms with Crippen molar-refractivity contribution < 1.29 is 34.5 Å². The van der Waals surface area contributed by atoms with Crippen LogP contribution < -0.4 is 35.3 Å². The molecular formula is C6H5ClN3NaO4. The predicted octanol–water partition coefficient (Wildman–Crippen LogP) is -0.915. The number of nitrogens with zero attached hydrogens (tertiary/aromatic N) is 2. The van der Waals surface area contributed by atoms with Crippen molar-refractivity contribution in [2.75, 3.05) is 5.73 Å². The van der Waals surface area contributed by atoms with E-state index >= 15 is 0 Å². The molecule has 0 bridgehead atoms. The first kappa shape index (κ1) is 16.5. The number of rotatable bonds is 1. The van der Waals surface area contributed by atoms with Crippen molar-refractivity contribution in [3.8, 4) is 0 Å². The predicted molar refractivity (Wildman–Crippen MR) is 51.7 cm³/mol. The molecule has 2 N–H and O–H groups in total. The summed E-state index contributed by atoms with van der Waals surface area (Å²) in [4.78, 5) is 17.7. The van der Waals surface area contributed by atoms with Crippen LogP contribution in [0.15, 0.2) is 23.5 Å². The molecule has 0 saturated heterocycles. The van der Waals surface area contributed by atoms with E-state index in [0.29, 0.717) is 5.02 Å². The Labute approximate surface area is 112 Å². The number of nitro groups is 1. The molecule has 0 spiro atoms. The fraction of sp³-hybridized carbons (Fsp3) is 0. The molecule has 1 rings (SSSR count). The van der Waals surface area contributed by atoms with Crippen LogP contribution in [0.5, 0.6) is 0 Å². The summed E-state index contributed by atoms with van der Waals surface area (Å²) in [7, 11) is 0. The molecule has 0 aliphatic heterocycles. The largest absolute Gasteiger partial charge is 1.00 e. The van der Waals surface area contributed by atoms with Gasteiger partial charge in [-0.1, -0.05) is 11.6 Å². The number of anilines is 1. The van der Waals surface area contributed by atoms with Gasteiger partial charge in [-0.3, -0.25) is 10.1 Å². The van der Waals surface area contributed by atoms with Gasteiger partial charge in [-0.05, 0) is 12.1 Å². The fourth-order valence-electron chi connectivity index (χ4n) is 0.675. The molecule has 0 fully saturated rings. The molecule has 0 amide bonds. The molecule has 0 radical (unpaired) electrons. The molecule has 0 heterocycles. The standard InChI is InChI=1S/C6H5ClN2O2.HNO2.Na/c7-4-1-2-5(8)6(3-4)9(10)11;2-1-3;/h1-3H,8H2;(H,2,3);/q;;+1/p-1. The number of nitrogens with two attached hydrogens (primary N) is 1. The van der Waals surface area contributed by atoms with Crippen LogP contribution in [-0.4, -0.2) is 4.92 Å². The summed E-state index contributed by atoms with van der Waals surface area (Å²) in [5.41, 5.74) is 5.26. The van der Waals surface area contributed by atoms with Crippen molar-refractivity contribution in [1.82, 2.24) is 0 Å². The van der Waals surface area contributed by atoms with E-state index in [1.165, 1.54) is 18.2 Å². The summed E-state index contributed by atoms with van der Waals surface area (Å²) in [5.74, 6) is 0. The zero-order valence-electron chi connectivity index (χ0n) is 7.71. The van der Waals surface area contributed by atoms with Gasteiger partial charge in [0.15, 0.2) is 0 Å². The molecular weight excluding hydrogens is 237 g/mol. The molecule has 9 heteroatoms. The molecule has 0 unspecified atom stereocenters. The van der Waals surface area contributed by atoms with Crippen LogP contribution in [0.2, 0.25) is 5.02 Å². The van der Waals surface area contributed by atoms with E-state index < -0.39 is 4.92 Å². The van der Waals surface area contributed by atoms with Gasteiger partial charge in [0, 0.05) is 11.1 Å². The Hall–Kier alpha value is -0.890. The van der Waals surface area contributed by atoms with Crippen LogP contribution in [0.1, 0.15) is 0 Å². The van der Waals surface area contributed by atoms with Crippen molar-refractivity contribution in [2.24, 2.45) is 5.34 Å². The normalized spacial score (nSPS) is 7.80. The first-order valence-electron chi connectivity index (χ1n) is 3.17. The maximum absolute atomic E-state index is 10.2. The van der Waals surface area contributed by atoms with Crippen molar-refractivity contribution in [3.63, 3.8) is 0 Å². The second-order valence-electron chi connectivity index (χ2n) is 2.03. The first-order valence-corrected chi connectivity index (χ1v) is 3.55. The van der Waals surface area contributed by atoms with Crippen molar-refractivity contribution in [1.29, 1.82) is 0 Å². The molecule has 0 atom stereocenters. The average Bonchev–Trinajstić information content (AvgIpc) is 2.10. The Balaban J connectivity index is 0. The van der Waals surface area contributed by atoms with E-state index in [4.69, 9.17) is 27.4 Å².